The summed E-state index contributed by atoms with van der Waals surface area (Å²) in [5.41, 5.74) is 7.37. The third-order valence-electron chi connectivity index (χ3n) is 4.12. The number of nitrogens with two attached hydrogens (primary N) is 1. The van der Waals surface area contributed by atoms with Gasteiger partial charge in [0, 0.05) is 31.4 Å². The first-order chi connectivity index (χ1) is 10.1. The molecule has 4 heteroatoms. The van der Waals surface area contributed by atoms with Crippen molar-refractivity contribution < 1.29 is 4.79 Å². The molecule has 1 unspecified atom stereocenters. The molecule has 4 nitrogen and oxygen atoms in total. The minimum absolute atomic E-state index is 0.0507. The molecule has 1 amide bonds. The molecule has 0 radical (unpaired) electrons. The summed E-state index contributed by atoms with van der Waals surface area (Å²) in [6, 6.07) is 8.01. The van der Waals surface area contributed by atoms with Crippen LogP contribution < -0.4 is 5.73 Å². The Bertz CT molecular complexity index is 495. The summed E-state index contributed by atoms with van der Waals surface area (Å²) >= 11 is 0. The molecule has 1 saturated heterocycles. The Morgan fingerprint density at radius 1 is 1.43 bits per heavy atom. The normalized spacial score (nSPS) is 19.2. The van der Waals surface area contributed by atoms with Gasteiger partial charge in [0.15, 0.2) is 0 Å². The number of nitrogens with zero attached hydrogens (tertiary/aromatic N) is 2. The lowest BCUT2D eigenvalue weighted by Crippen LogP contribution is -2.40. The van der Waals surface area contributed by atoms with Crippen LogP contribution in [0.2, 0.25) is 0 Å². The topological polar surface area (TPSA) is 49.6 Å². The maximum Gasteiger partial charge on any atom is 0.246 e. The predicted molar refractivity (Wildman–Crippen MR) is 87.8 cm³/mol. The Labute approximate surface area is 127 Å². The number of rotatable bonds is 5. The van der Waals surface area contributed by atoms with Crippen LogP contribution in [0, 0.1) is 0 Å². The first-order valence-corrected chi connectivity index (χ1v) is 7.63. The molecule has 2 rings (SSSR count). The van der Waals surface area contributed by atoms with Crippen LogP contribution in [0.5, 0.6) is 0 Å². The molecule has 1 aromatic carbocycles. The molecule has 0 spiro atoms. The van der Waals surface area contributed by atoms with Crippen molar-refractivity contribution in [1.29, 1.82) is 0 Å². The highest BCUT2D eigenvalue weighted by atomic mass is 16.2. The molecular formula is C17H25N3O. The zero-order valence-corrected chi connectivity index (χ0v) is 13.0. The van der Waals surface area contributed by atoms with Crippen molar-refractivity contribution in [2.45, 2.75) is 25.8 Å². The van der Waals surface area contributed by atoms with Crippen molar-refractivity contribution in [3.05, 3.63) is 35.9 Å². The molecule has 0 bridgehead atoms. The van der Waals surface area contributed by atoms with Crippen LogP contribution >= 0.6 is 0 Å². The van der Waals surface area contributed by atoms with Crippen LogP contribution in [-0.4, -0.2) is 48.4 Å². The molecule has 1 aliphatic rings. The summed E-state index contributed by atoms with van der Waals surface area (Å²) in [6.45, 7) is 5.21. The summed E-state index contributed by atoms with van der Waals surface area (Å²) in [6.07, 6.45) is 5.90. The maximum absolute atomic E-state index is 12.2. The van der Waals surface area contributed by atoms with Crippen molar-refractivity contribution in [1.82, 2.24) is 9.80 Å². The number of nitrogen functional groups attached to an aromatic ring is 1. The largest absolute Gasteiger partial charge is 0.399 e. The summed E-state index contributed by atoms with van der Waals surface area (Å²) < 4.78 is 0. The van der Waals surface area contributed by atoms with Crippen molar-refractivity contribution in [2.24, 2.45) is 0 Å². The van der Waals surface area contributed by atoms with Crippen LogP contribution in [0.15, 0.2) is 30.3 Å². The monoisotopic (exact) mass is 287 g/mol. The van der Waals surface area contributed by atoms with Gasteiger partial charge in [0.2, 0.25) is 5.91 Å². The SMILES string of the molecule is CCN1CCCC1CN(C)C(=O)/C=C/c1ccc(N)cc1. The van der Waals surface area contributed by atoms with Gasteiger partial charge < -0.3 is 10.6 Å². The molecule has 21 heavy (non-hydrogen) atoms. The number of hydrogen-bond donors (Lipinski definition) is 1. The lowest BCUT2D eigenvalue weighted by Gasteiger charge is -2.27. The van der Waals surface area contributed by atoms with E-state index in [9.17, 15) is 4.79 Å². The van der Waals surface area contributed by atoms with Gasteiger partial charge in [-0.1, -0.05) is 19.1 Å². The van der Waals surface area contributed by atoms with Crippen molar-refractivity contribution in [3.63, 3.8) is 0 Å². The predicted octanol–water partition coefficient (Wildman–Crippen LogP) is 2.22. The molecule has 0 saturated carbocycles. The Hall–Kier alpha value is -1.81. The fraction of sp³-hybridized carbons (Fsp3) is 0.471. The number of hydrogen-bond acceptors (Lipinski definition) is 3. The molecular weight excluding hydrogens is 262 g/mol. The lowest BCUT2D eigenvalue weighted by atomic mass is 10.2. The van der Waals surface area contributed by atoms with E-state index < -0.39 is 0 Å². The molecule has 1 aromatic rings. The number of likely N-dealkylation sites (tertiary alicyclic amines) is 1. The fourth-order valence-corrected chi connectivity index (χ4v) is 2.83. The highest BCUT2D eigenvalue weighted by molar-refractivity contribution is 5.91. The highest BCUT2D eigenvalue weighted by Crippen LogP contribution is 2.17. The highest BCUT2D eigenvalue weighted by Gasteiger charge is 2.24. The number of carbonyl (C=O) groups is 1. The average Bonchev–Trinajstić information content (AvgIpc) is 2.93. The van der Waals surface area contributed by atoms with Gasteiger partial charge in [-0.25, -0.2) is 0 Å². The van der Waals surface area contributed by atoms with Gasteiger partial charge >= 0.3 is 0 Å². The molecule has 1 aliphatic heterocycles. The summed E-state index contributed by atoms with van der Waals surface area (Å²) in [5.74, 6) is 0.0507. The quantitative estimate of drug-likeness (QED) is 0.667. The Kier molecular flexibility index (Phi) is 5.39. The van der Waals surface area contributed by atoms with E-state index in [1.165, 1.54) is 12.8 Å². The van der Waals surface area contributed by atoms with Gasteiger partial charge in [0.05, 0.1) is 0 Å². The van der Waals surface area contributed by atoms with Crippen LogP contribution in [0.3, 0.4) is 0 Å². The number of carbonyl (C=O) groups excluding carboxylic acids is 1. The second-order valence-corrected chi connectivity index (χ2v) is 5.64. The van der Waals surface area contributed by atoms with Crippen molar-refractivity contribution >= 4 is 17.7 Å². The Morgan fingerprint density at radius 3 is 2.81 bits per heavy atom. The maximum atomic E-state index is 12.2. The van der Waals surface area contributed by atoms with E-state index in [-0.39, 0.29) is 5.91 Å². The second-order valence-electron chi connectivity index (χ2n) is 5.64. The third-order valence-corrected chi connectivity index (χ3v) is 4.12. The lowest BCUT2D eigenvalue weighted by molar-refractivity contribution is -0.125. The van der Waals surface area contributed by atoms with E-state index in [2.05, 4.69) is 11.8 Å². The first kappa shape index (κ1) is 15.6. The number of benzene rings is 1. The Balaban J connectivity index is 1.88. The van der Waals surface area contributed by atoms with E-state index >= 15 is 0 Å². The van der Waals surface area contributed by atoms with Gasteiger partial charge in [-0.15, -0.1) is 0 Å². The number of likely N-dealkylation sites (N-methyl/N-ethyl adjacent to an activating group) is 2. The van der Waals surface area contributed by atoms with Crippen LogP contribution in [-0.2, 0) is 4.79 Å². The van der Waals surface area contributed by atoms with Gasteiger partial charge in [-0.05, 0) is 49.7 Å². The molecule has 1 fully saturated rings. The second kappa shape index (κ2) is 7.27. The van der Waals surface area contributed by atoms with Crippen molar-refractivity contribution in [3.8, 4) is 0 Å². The zero-order valence-electron chi connectivity index (χ0n) is 13.0. The molecule has 0 aliphatic carbocycles. The number of amides is 1. The number of anilines is 1. The minimum atomic E-state index is 0.0507. The van der Waals surface area contributed by atoms with Gasteiger partial charge in [-0.2, -0.15) is 0 Å². The third kappa shape index (κ3) is 4.33. The molecule has 0 aromatic heterocycles. The van der Waals surface area contributed by atoms with Crippen LogP contribution in [0.25, 0.3) is 6.08 Å². The zero-order chi connectivity index (χ0) is 15.2. The fourth-order valence-electron chi connectivity index (χ4n) is 2.83. The van der Waals surface area contributed by atoms with E-state index in [1.807, 2.05) is 42.3 Å². The molecule has 2 N–H and O–H groups in total. The van der Waals surface area contributed by atoms with Gasteiger partial charge in [0.25, 0.3) is 0 Å². The Morgan fingerprint density at radius 2 is 2.14 bits per heavy atom. The average molecular weight is 287 g/mol. The van der Waals surface area contributed by atoms with Gasteiger partial charge in [0.1, 0.15) is 0 Å². The summed E-state index contributed by atoms with van der Waals surface area (Å²) in [5, 5.41) is 0. The molecule has 1 heterocycles. The standard InChI is InChI=1S/C17H25N3O/c1-3-20-12-4-5-16(20)13-19(2)17(21)11-8-14-6-9-15(18)10-7-14/h6-11,16H,3-5,12-13,18H2,1-2H3/b11-8+. The van der Waals surface area contributed by atoms with Crippen LogP contribution in [0.4, 0.5) is 5.69 Å². The first-order valence-electron chi connectivity index (χ1n) is 7.63. The smallest absolute Gasteiger partial charge is 0.246 e. The van der Waals surface area contributed by atoms with E-state index in [4.69, 9.17) is 5.73 Å². The van der Waals surface area contributed by atoms with Crippen LogP contribution in [0.1, 0.15) is 25.3 Å². The summed E-state index contributed by atoms with van der Waals surface area (Å²) in [4.78, 5) is 16.4. The van der Waals surface area contributed by atoms with E-state index in [0.717, 1.165) is 30.9 Å². The van der Waals surface area contributed by atoms with E-state index in [1.54, 1.807) is 6.08 Å². The van der Waals surface area contributed by atoms with Crippen molar-refractivity contribution in [2.75, 3.05) is 32.4 Å². The van der Waals surface area contributed by atoms with E-state index in [0.29, 0.717) is 6.04 Å². The summed E-state index contributed by atoms with van der Waals surface area (Å²) in [7, 11) is 1.88. The molecule has 114 valence electrons. The minimum Gasteiger partial charge on any atom is -0.399 e. The molecule has 1 atom stereocenters. The van der Waals surface area contributed by atoms with Gasteiger partial charge in [-0.3, -0.25) is 9.69 Å².